The van der Waals surface area contributed by atoms with Gasteiger partial charge in [-0.15, -0.1) is 0 Å². The second-order valence-corrected chi connectivity index (χ2v) is 2.34. The van der Waals surface area contributed by atoms with Gasteiger partial charge in [0.25, 0.3) is 0 Å². The third-order valence-electron chi connectivity index (χ3n) is 1.47. The van der Waals surface area contributed by atoms with E-state index >= 15 is 0 Å². The van der Waals surface area contributed by atoms with E-state index in [4.69, 9.17) is 5.73 Å². The Morgan fingerprint density at radius 2 is 2.17 bits per heavy atom. The van der Waals surface area contributed by atoms with Gasteiger partial charge >= 0.3 is 5.97 Å². The number of hydrogen-bond donors (Lipinski definition) is 2. The van der Waals surface area contributed by atoms with Crippen LogP contribution in [0.3, 0.4) is 0 Å². The molecule has 0 aromatic heterocycles. The quantitative estimate of drug-likeness (QED) is 0.536. The second kappa shape index (κ2) is 5.54. The summed E-state index contributed by atoms with van der Waals surface area (Å²) in [5.74, 6) is -0.617. The minimum absolute atomic E-state index is 0.172. The summed E-state index contributed by atoms with van der Waals surface area (Å²) in [7, 11) is 2.80. The topological polar surface area (TPSA) is 81.4 Å². The Morgan fingerprint density at radius 3 is 2.58 bits per heavy atom. The molecule has 5 heteroatoms. The number of carbonyl (C=O) groups is 2. The number of methoxy groups -OCH3 is 1. The lowest BCUT2D eigenvalue weighted by Crippen LogP contribution is -2.38. The lowest BCUT2D eigenvalue weighted by atomic mass is 10.1. The molecule has 0 spiro atoms. The van der Waals surface area contributed by atoms with Crippen molar-refractivity contribution < 1.29 is 14.3 Å². The molecule has 0 saturated carbocycles. The molecule has 1 unspecified atom stereocenters. The summed E-state index contributed by atoms with van der Waals surface area (Å²) in [5, 5.41) is 2.39. The van der Waals surface area contributed by atoms with Crippen molar-refractivity contribution in [3.63, 3.8) is 0 Å². The zero-order valence-corrected chi connectivity index (χ0v) is 7.29. The van der Waals surface area contributed by atoms with Gasteiger partial charge in [-0.05, 0) is 6.42 Å². The van der Waals surface area contributed by atoms with Gasteiger partial charge in [0, 0.05) is 13.5 Å². The van der Waals surface area contributed by atoms with E-state index in [1.54, 1.807) is 0 Å². The van der Waals surface area contributed by atoms with Gasteiger partial charge in [-0.25, -0.2) is 0 Å². The Labute approximate surface area is 71.3 Å². The molecule has 0 saturated heterocycles. The van der Waals surface area contributed by atoms with Gasteiger partial charge in [0.2, 0.25) is 5.91 Å². The molecule has 5 nitrogen and oxygen atoms in total. The molecule has 0 fully saturated rings. The number of rotatable bonds is 4. The average Bonchev–Trinajstić information content (AvgIpc) is 2.11. The van der Waals surface area contributed by atoms with E-state index in [0.29, 0.717) is 6.42 Å². The summed E-state index contributed by atoms with van der Waals surface area (Å²) in [5.41, 5.74) is 5.41. The molecule has 3 N–H and O–H groups in total. The molecule has 0 aliphatic heterocycles. The maximum absolute atomic E-state index is 10.8. The number of nitrogens with two attached hydrogens (primary N) is 1. The molecule has 0 bridgehead atoms. The van der Waals surface area contributed by atoms with Gasteiger partial charge in [-0.2, -0.15) is 0 Å². The molecule has 0 aliphatic rings. The van der Waals surface area contributed by atoms with Gasteiger partial charge in [0.15, 0.2) is 0 Å². The molecule has 12 heavy (non-hydrogen) atoms. The van der Waals surface area contributed by atoms with Gasteiger partial charge in [0.1, 0.15) is 0 Å². The number of ether oxygens (including phenoxy) is 1. The molecule has 1 amide bonds. The lowest BCUT2D eigenvalue weighted by Gasteiger charge is -2.07. The van der Waals surface area contributed by atoms with E-state index in [1.807, 2.05) is 0 Å². The number of carbonyl (C=O) groups excluding carboxylic acids is 2. The third-order valence-corrected chi connectivity index (χ3v) is 1.47. The summed E-state index contributed by atoms with van der Waals surface area (Å²) in [6.45, 7) is 0. The van der Waals surface area contributed by atoms with E-state index in [9.17, 15) is 9.59 Å². The van der Waals surface area contributed by atoms with Gasteiger partial charge in [0.05, 0.1) is 13.2 Å². The Morgan fingerprint density at radius 1 is 1.58 bits per heavy atom. The third kappa shape index (κ3) is 3.92. The number of esters is 1. The molecule has 0 aliphatic carbocycles. The summed E-state index contributed by atoms with van der Waals surface area (Å²) in [6.07, 6.45) is 0.484. The average molecular weight is 174 g/mol. The molecule has 0 aromatic carbocycles. The van der Waals surface area contributed by atoms with Crippen LogP contribution in [-0.4, -0.2) is 32.1 Å². The zero-order valence-electron chi connectivity index (χ0n) is 7.29. The molecule has 70 valence electrons. The van der Waals surface area contributed by atoms with Crippen LogP contribution in [0.1, 0.15) is 12.8 Å². The molecule has 0 radical (unpaired) electrons. The van der Waals surface area contributed by atoms with Crippen molar-refractivity contribution in [2.24, 2.45) is 5.73 Å². The van der Waals surface area contributed by atoms with E-state index < -0.39 is 6.04 Å². The molecular formula is C7H14N2O3. The fraction of sp³-hybridized carbons (Fsp3) is 0.714. The van der Waals surface area contributed by atoms with Crippen LogP contribution in [0.15, 0.2) is 0 Å². The first-order valence-electron chi connectivity index (χ1n) is 3.65. The first kappa shape index (κ1) is 10.9. The standard InChI is InChI=1S/C7H14N2O3/c1-9-7(11)5(8)3-4-6(10)12-2/h5H,3-4,8H2,1-2H3,(H,9,11). The highest BCUT2D eigenvalue weighted by atomic mass is 16.5. The lowest BCUT2D eigenvalue weighted by molar-refractivity contribution is -0.140. The van der Waals surface area contributed by atoms with Crippen LogP contribution < -0.4 is 11.1 Å². The Kier molecular flexibility index (Phi) is 5.03. The second-order valence-electron chi connectivity index (χ2n) is 2.34. The minimum atomic E-state index is -0.630. The highest BCUT2D eigenvalue weighted by Crippen LogP contribution is 1.95. The van der Waals surface area contributed by atoms with Crippen LogP contribution in [0.4, 0.5) is 0 Å². The minimum Gasteiger partial charge on any atom is -0.469 e. The number of likely N-dealkylation sites (N-methyl/N-ethyl adjacent to an activating group) is 1. The monoisotopic (exact) mass is 174 g/mol. The van der Waals surface area contributed by atoms with Crippen molar-refractivity contribution in [2.45, 2.75) is 18.9 Å². The summed E-state index contributed by atoms with van der Waals surface area (Å²) in [6, 6.07) is -0.630. The Bertz CT molecular complexity index is 170. The van der Waals surface area contributed by atoms with Crippen molar-refractivity contribution in [1.82, 2.24) is 5.32 Å². The molecule has 0 rings (SSSR count). The van der Waals surface area contributed by atoms with Crippen molar-refractivity contribution >= 4 is 11.9 Å². The van der Waals surface area contributed by atoms with Gasteiger partial charge < -0.3 is 15.8 Å². The van der Waals surface area contributed by atoms with E-state index in [1.165, 1.54) is 14.2 Å². The highest BCUT2D eigenvalue weighted by molar-refractivity contribution is 5.81. The normalized spacial score (nSPS) is 11.9. The highest BCUT2D eigenvalue weighted by Gasteiger charge is 2.13. The van der Waals surface area contributed by atoms with Crippen LogP contribution in [0.2, 0.25) is 0 Å². The van der Waals surface area contributed by atoms with Crippen LogP contribution in [0, 0.1) is 0 Å². The van der Waals surface area contributed by atoms with E-state index in [-0.39, 0.29) is 18.3 Å². The van der Waals surface area contributed by atoms with Crippen molar-refractivity contribution in [2.75, 3.05) is 14.2 Å². The molecular weight excluding hydrogens is 160 g/mol. The fourth-order valence-corrected chi connectivity index (χ4v) is 0.692. The fourth-order valence-electron chi connectivity index (χ4n) is 0.692. The van der Waals surface area contributed by atoms with Crippen molar-refractivity contribution in [3.8, 4) is 0 Å². The Hall–Kier alpha value is -1.10. The predicted octanol–water partition coefficient (Wildman–Crippen LogP) is -0.987. The van der Waals surface area contributed by atoms with Crippen LogP contribution in [0.5, 0.6) is 0 Å². The molecule has 1 atom stereocenters. The van der Waals surface area contributed by atoms with Crippen molar-refractivity contribution in [3.05, 3.63) is 0 Å². The van der Waals surface area contributed by atoms with Crippen LogP contribution in [-0.2, 0) is 14.3 Å². The zero-order chi connectivity index (χ0) is 9.56. The first-order chi connectivity index (χ1) is 5.61. The van der Waals surface area contributed by atoms with Crippen molar-refractivity contribution in [1.29, 1.82) is 0 Å². The number of nitrogens with one attached hydrogen (secondary N) is 1. The van der Waals surface area contributed by atoms with Crippen LogP contribution >= 0.6 is 0 Å². The number of hydrogen-bond acceptors (Lipinski definition) is 4. The molecule has 0 aromatic rings. The summed E-state index contributed by atoms with van der Waals surface area (Å²) < 4.78 is 4.39. The summed E-state index contributed by atoms with van der Waals surface area (Å²) >= 11 is 0. The number of amides is 1. The van der Waals surface area contributed by atoms with E-state index in [2.05, 4.69) is 10.1 Å². The van der Waals surface area contributed by atoms with Gasteiger partial charge in [-0.1, -0.05) is 0 Å². The van der Waals surface area contributed by atoms with Gasteiger partial charge in [-0.3, -0.25) is 9.59 Å². The maximum Gasteiger partial charge on any atom is 0.305 e. The van der Waals surface area contributed by atoms with Crippen LogP contribution in [0.25, 0.3) is 0 Å². The predicted molar refractivity (Wildman–Crippen MR) is 43.3 cm³/mol. The molecule has 0 heterocycles. The largest absolute Gasteiger partial charge is 0.469 e. The SMILES string of the molecule is CNC(=O)C(N)CCC(=O)OC. The van der Waals surface area contributed by atoms with E-state index in [0.717, 1.165) is 0 Å². The summed E-state index contributed by atoms with van der Waals surface area (Å²) in [4.78, 5) is 21.4. The maximum atomic E-state index is 10.8. The smallest absolute Gasteiger partial charge is 0.305 e. The first-order valence-corrected chi connectivity index (χ1v) is 3.65. The Balaban J connectivity index is 3.63.